The zero-order valence-corrected chi connectivity index (χ0v) is 9.45. The molecule has 0 spiro atoms. The number of halogens is 1. The molecule has 0 aromatic heterocycles. The van der Waals surface area contributed by atoms with Gasteiger partial charge in [-0.2, -0.15) is 0 Å². The minimum atomic E-state index is 0.394. The number of hydrogen-bond donors (Lipinski definition) is 0. The van der Waals surface area contributed by atoms with Crippen molar-refractivity contribution < 1.29 is 4.79 Å². The van der Waals surface area contributed by atoms with E-state index < -0.39 is 0 Å². The molecule has 2 aromatic rings. The highest BCUT2D eigenvalue weighted by atomic mass is 35.5. The number of rotatable bonds is 3. The molecule has 0 aliphatic heterocycles. The van der Waals surface area contributed by atoms with Crippen molar-refractivity contribution in [3.05, 3.63) is 59.1 Å². The first-order valence-electron chi connectivity index (χ1n) is 5.09. The third-order valence-corrected chi connectivity index (χ3v) is 2.69. The minimum Gasteiger partial charge on any atom is -0.303 e. The number of aldehydes is 1. The Balaban J connectivity index is 2.51. The van der Waals surface area contributed by atoms with E-state index in [-0.39, 0.29) is 0 Å². The van der Waals surface area contributed by atoms with Crippen molar-refractivity contribution in [2.24, 2.45) is 0 Å². The molecule has 16 heavy (non-hydrogen) atoms. The van der Waals surface area contributed by atoms with Gasteiger partial charge in [-0.25, -0.2) is 0 Å². The molecule has 0 unspecified atom stereocenters. The van der Waals surface area contributed by atoms with Gasteiger partial charge < -0.3 is 4.79 Å². The molecular weight excluding hydrogens is 220 g/mol. The van der Waals surface area contributed by atoms with E-state index in [0.717, 1.165) is 23.0 Å². The van der Waals surface area contributed by atoms with Gasteiger partial charge in [-0.1, -0.05) is 48.0 Å². The summed E-state index contributed by atoms with van der Waals surface area (Å²) in [6, 6.07) is 15.6. The molecule has 0 heterocycles. The lowest BCUT2D eigenvalue weighted by molar-refractivity contribution is -0.107. The predicted molar refractivity (Wildman–Crippen MR) is 66.7 cm³/mol. The fourth-order valence-electron chi connectivity index (χ4n) is 1.72. The lowest BCUT2D eigenvalue weighted by atomic mass is 9.98. The molecule has 2 aromatic carbocycles. The Labute approximate surface area is 99.7 Å². The van der Waals surface area contributed by atoms with Gasteiger partial charge in [0.05, 0.1) is 0 Å². The molecule has 0 atom stereocenters. The average molecular weight is 231 g/mol. The monoisotopic (exact) mass is 230 g/mol. The Bertz CT molecular complexity index is 491. The maximum atomic E-state index is 10.6. The van der Waals surface area contributed by atoms with E-state index in [2.05, 4.69) is 0 Å². The second-order valence-electron chi connectivity index (χ2n) is 3.54. The first-order chi connectivity index (χ1) is 7.81. The van der Waals surface area contributed by atoms with Gasteiger partial charge in [-0.15, -0.1) is 0 Å². The molecule has 0 bridgehead atoms. The van der Waals surface area contributed by atoms with E-state index in [0.29, 0.717) is 11.4 Å². The summed E-state index contributed by atoms with van der Waals surface area (Å²) in [5, 5.41) is 0.663. The van der Waals surface area contributed by atoms with Crippen LogP contribution >= 0.6 is 11.6 Å². The quantitative estimate of drug-likeness (QED) is 0.734. The van der Waals surface area contributed by atoms with Crippen molar-refractivity contribution in [1.82, 2.24) is 0 Å². The predicted octanol–water partition coefficient (Wildman–Crippen LogP) is 3.75. The van der Waals surface area contributed by atoms with Crippen molar-refractivity contribution in [3.8, 4) is 11.1 Å². The van der Waals surface area contributed by atoms with Crippen molar-refractivity contribution >= 4 is 17.9 Å². The van der Waals surface area contributed by atoms with E-state index in [1.165, 1.54) is 0 Å². The molecule has 80 valence electrons. The Hall–Kier alpha value is -1.60. The van der Waals surface area contributed by atoms with Gasteiger partial charge in [-0.3, -0.25) is 0 Å². The van der Waals surface area contributed by atoms with Crippen molar-refractivity contribution in [1.29, 1.82) is 0 Å². The third-order valence-electron chi connectivity index (χ3n) is 2.46. The summed E-state index contributed by atoms with van der Waals surface area (Å²) in [6.07, 6.45) is 1.29. The van der Waals surface area contributed by atoms with Crippen LogP contribution in [0.4, 0.5) is 0 Å². The zero-order valence-electron chi connectivity index (χ0n) is 8.69. The molecular formula is C14H11ClO. The van der Waals surface area contributed by atoms with Gasteiger partial charge in [-0.05, 0) is 28.8 Å². The summed E-state index contributed by atoms with van der Waals surface area (Å²) in [7, 11) is 0. The highest BCUT2D eigenvalue weighted by Crippen LogP contribution is 2.26. The SMILES string of the molecule is O=CCc1cc(Cl)ccc1-c1ccccc1. The summed E-state index contributed by atoms with van der Waals surface area (Å²) in [5.74, 6) is 0. The van der Waals surface area contributed by atoms with Crippen LogP contribution in [-0.2, 0) is 11.2 Å². The molecule has 0 amide bonds. The molecule has 0 aliphatic carbocycles. The smallest absolute Gasteiger partial charge is 0.124 e. The maximum Gasteiger partial charge on any atom is 0.124 e. The zero-order chi connectivity index (χ0) is 11.4. The van der Waals surface area contributed by atoms with Gasteiger partial charge in [0.25, 0.3) is 0 Å². The van der Waals surface area contributed by atoms with Gasteiger partial charge in [0.1, 0.15) is 6.29 Å². The van der Waals surface area contributed by atoms with Crippen LogP contribution < -0.4 is 0 Å². The van der Waals surface area contributed by atoms with Crippen molar-refractivity contribution in [2.45, 2.75) is 6.42 Å². The molecule has 0 aliphatic rings. The number of benzene rings is 2. The Morgan fingerprint density at radius 2 is 1.81 bits per heavy atom. The summed E-state index contributed by atoms with van der Waals surface area (Å²) in [4.78, 5) is 10.6. The highest BCUT2D eigenvalue weighted by molar-refractivity contribution is 6.30. The lowest BCUT2D eigenvalue weighted by Gasteiger charge is -2.07. The normalized spacial score (nSPS) is 10.1. The minimum absolute atomic E-state index is 0.394. The standard InChI is InChI=1S/C14H11ClO/c15-13-6-7-14(12(10-13)8-9-16)11-4-2-1-3-5-11/h1-7,9-10H,8H2. The van der Waals surface area contributed by atoms with Crippen LogP contribution in [0.15, 0.2) is 48.5 Å². The third kappa shape index (κ3) is 2.31. The van der Waals surface area contributed by atoms with E-state index in [4.69, 9.17) is 11.6 Å². The van der Waals surface area contributed by atoms with Crippen LogP contribution in [0.2, 0.25) is 5.02 Å². The Morgan fingerprint density at radius 3 is 2.50 bits per heavy atom. The molecule has 0 N–H and O–H groups in total. The first kappa shape index (κ1) is 10.9. The van der Waals surface area contributed by atoms with Gasteiger partial charge in [0.2, 0.25) is 0 Å². The fraction of sp³-hybridized carbons (Fsp3) is 0.0714. The summed E-state index contributed by atoms with van der Waals surface area (Å²) in [6.45, 7) is 0. The van der Waals surface area contributed by atoms with Crippen LogP contribution in [0.25, 0.3) is 11.1 Å². The number of carbonyl (C=O) groups is 1. The van der Waals surface area contributed by atoms with Crippen molar-refractivity contribution in [3.63, 3.8) is 0 Å². The second-order valence-corrected chi connectivity index (χ2v) is 3.97. The van der Waals surface area contributed by atoms with Gasteiger partial charge in [0, 0.05) is 11.4 Å². The molecule has 1 nitrogen and oxygen atoms in total. The molecule has 0 radical (unpaired) electrons. The van der Waals surface area contributed by atoms with Gasteiger partial charge >= 0.3 is 0 Å². The Morgan fingerprint density at radius 1 is 1.06 bits per heavy atom. The van der Waals surface area contributed by atoms with Crippen molar-refractivity contribution in [2.75, 3.05) is 0 Å². The number of carbonyl (C=O) groups excluding carboxylic acids is 1. The van der Waals surface area contributed by atoms with Crippen LogP contribution in [-0.4, -0.2) is 6.29 Å². The second kappa shape index (κ2) is 4.95. The van der Waals surface area contributed by atoms with E-state index in [1.807, 2.05) is 48.5 Å². The van der Waals surface area contributed by atoms with Gasteiger partial charge in [0.15, 0.2) is 0 Å². The summed E-state index contributed by atoms with van der Waals surface area (Å²) >= 11 is 5.92. The molecule has 0 fully saturated rings. The largest absolute Gasteiger partial charge is 0.303 e. The average Bonchev–Trinajstić information content (AvgIpc) is 2.31. The van der Waals surface area contributed by atoms with E-state index >= 15 is 0 Å². The molecule has 0 saturated heterocycles. The van der Waals surface area contributed by atoms with E-state index in [1.54, 1.807) is 0 Å². The molecule has 2 rings (SSSR count). The summed E-state index contributed by atoms with van der Waals surface area (Å²) < 4.78 is 0. The topological polar surface area (TPSA) is 17.1 Å². The van der Waals surface area contributed by atoms with E-state index in [9.17, 15) is 4.79 Å². The van der Waals surface area contributed by atoms with Crippen LogP contribution in [0.5, 0.6) is 0 Å². The molecule has 0 saturated carbocycles. The number of hydrogen-bond acceptors (Lipinski definition) is 1. The first-order valence-corrected chi connectivity index (χ1v) is 5.46. The van der Waals surface area contributed by atoms with Crippen LogP contribution in [0.3, 0.4) is 0 Å². The fourth-order valence-corrected chi connectivity index (χ4v) is 1.91. The lowest BCUT2D eigenvalue weighted by Crippen LogP contribution is -1.91. The maximum absolute atomic E-state index is 10.6. The Kier molecular flexibility index (Phi) is 3.37. The van der Waals surface area contributed by atoms with Crippen LogP contribution in [0.1, 0.15) is 5.56 Å². The highest BCUT2D eigenvalue weighted by Gasteiger charge is 2.04. The summed E-state index contributed by atoms with van der Waals surface area (Å²) in [5.41, 5.74) is 3.14. The van der Waals surface area contributed by atoms with Crippen LogP contribution in [0, 0.1) is 0 Å². The molecule has 2 heteroatoms.